The minimum Gasteiger partial charge on any atom is -0.332 e. The molecule has 26 heavy (non-hydrogen) atoms. The number of hydrogen-bond acceptors (Lipinski definition) is 3. The van der Waals surface area contributed by atoms with Crippen LogP contribution in [0.1, 0.15) is 42.0 Å². The summed E-state index contributed by atoms with van der Waals surface area (Å²) in [6.45, 7) is 0.789. The highest BCUT2D eigenvalue weighted by atomic mass is 16.2. The van der Waals surface area contributed by atoms with Gasteiger partial charge in [0, 0.05) is 25.2 Å². The van der Waals surface area contributed by atoms with Gasteiger partial charge in [0.15, 0.2) is 0 Å². The van der Waals surface area contributed by atoms with Crippen LogP contribution in [-0.2, 0) is 16.0 Å². The second kappa shape index (κ2) is 7.12. The Bertz CT molecular complexity index is 861. The van der Waals surface area contributed by atoms with E-state index in [-0.39, 0.29) is 17.9 Å². The number of amides is 2. The maximum Gasteiger partial charge on any atom is 0.247 e. The lowest BCUT2D eigenvalue weighted by atomic mass is 10.0. The number of benzene rings is 1. The molecule has 0 aliphatic carbocycles. The van der Waals surface area contributed by atoms with Crippen LogP contribution in [0.3, 0.4) is 0 Å². The van der Waals surface area contributed by atoms with Crippen LogP contribution in [0.4, 0.5) is 5.82 Å². The lowest BCUT2D eigenvalue weighted by molar-refractivity contribution is -0.126. The van der Waals surface area contributed by atoms with E-state index in [1.54, 1.807) is 12.3 Å². The number of nitrogens with zero attached hydrogens (tertiary/aromatic N) is 2. The largest absolute Gasteiger partial charge is 0.332 e. The minimum absolute atomic E-state index is 0.00413. The van der Waals surface area contributed by atoms with E-state index in [0.29, 0.717) is 18.7 Å². The Hall–Kier alpha value is -2.95. The first-order chi connectivity index (χ1) is 12.7. The standard InChI is InChI=1S/C21H21N3O2/c25-19-10-9-17-13-15(14-22-21(17)23-19)8-11-20(26)24-12-4-7-18(24)16-5-2-1-3-6-16/h1-3,5-6,8,11,13-14,18H,4,7,9-10,12H2,(H,22,23,25). The van der Waals surface area contributed by atoms with Crippen molar-refractivity contribution in [1.82, 2.24) is 9.88 Å². The number of anilines is 1. The molecule has 3 heterocycles. The Morgan fingerprint density at radius 1 is 1.23 bits per heavy atom. The quantitative estimate of drug-likeness (QED) is 0.866. The van der Waals surface area contributed by atoms with Crippen molar-refractivity contribution in [2.24, 2.45) is 0 Å². The number of aryl methyl sites for hydroxylation is 1. The molecule has 0 saturated carbocycles. The number of fused-ring (bicyclic) bond motifs is 1. The lowest BCUT2D eigenvalue weighted by Gasteiger charge is -2.23. The topological polar surface area (TPSA) is 62.3 Å². The van der Waals surface area contributed by atoms with Gasteiger partial charge in [-0.3, -0.25) is 9.59 Å². The van der Waals surface area contributed by atoms with Gasteiger partial charge in [0.25, 0.3) is 0 Å². The molecule has 1 aromatic heterocycles. The predicted octanol–water partition coefficient (Wildman–Crippen LogP) is 3.34. The highest BCUT2D eigenvalue weighted by Crippen LogP contribution is 2.32. The molecule has 2 amide bonds. The van der Waals surface area contributed by atoms with Crippen molar-refractivity contribution in [3.05, 3.63) is 65.4 Å². The fraction of sp³-hybridized carbons (Fsp3) is 0.286. The van der Waals surface area contributed by atoms with Gasteiger partial charge >= 0.3 is 0 Å². The monoisotopic (exact) mass is 347 g/mol. The zero-order valence-electron chi connectivity index (χ0n) is 14.5. The average molecular weight is 347 g/mol. The molecule has 1 N–H and O–H groups in total. The highest BCUT2D eigenvalue weighted by molar-refractivity contribution is 5.94. The van der Waals surface area contributed by atoms with Crippen LogP contribution in [0.15, 0.2) is 48.7 Å². The lowest BCUT2D eigenvalue weighted by Crippen LogP contribution is -2.28. The smallest absolute Gasteiger partial charge is 0.247 e. The van der Waals surface area contributed by atoms with Crippen molar-refractivity contribution in [3.8, 4) is 0 Å². The van der Waals surface area contributed by atoms with Crippen LogP contribution in [-0.4, -0.2) is 28.2 Å². The van der Waals surface area contributed by atoms with Gasteiger partial charge < -0.3 is 10.2 Å². The van der Waals surface area contributed by atoms with E-state index >= 15 is 0 Å². The third-order valence-corrected chi connectivity index (χ3v) is 5.01. The molecule has 2 aliphatic rings. The van der Waals surface area contributed by atoms with Gasteiger partial charge in [0.2, 0.25) is 11.8 Å². The normalized spacial score (nSPS) is 19.5. The first kappa shape index (κ1) is 16.5. The predicted molar refractivity (Wildman–Crippen MR) is 100 cm³/mol. The molecule has 1 unspecified atom stereocenters. The Morgan fingerprint density at radius 3 is 2.92 bits per heavy atom. The second-order valence-corrected chi connectivity index (χ2v) is 6.76. The summed E-state index contributed by atoms with van der Waals surface area (Å²) < 4.78 is 0. The Balaban J connectivity index is 1.48. The number of pyridine rings is 1. The minimum atomic E-state index is 0.00413. The Kier molecular flexibility index (Phi) is 4.52. The van der Waals surface area contributed by atoms with Gasteiger partial charge in [-0.2, -0.15) is 0 Å². The van der Waals surface area contributed by atoms with Gasteiger partial charge in [-0.1, -0.05) is 30.3 Å². The molecule has 5 heteroatoms. The number of nitrogens with one attached hydrogen (secondary N) is 1. The van der Waals surface area contributed by atoms with Gasteiger partial charge in [-0.25, -0.2) is 4.98 Å². The Labute approximate surface area is 152 Å². The molecule has 0 spiro atoms. The van der Waals surface area contributed by atoms with Crippen LogP contribution < -0.4 is 5.32 Å². The second-order valence-electron chi connectivity index (χ2n) is 6.76. The molecular weight excluding hydrogens is 326 g/mol. The van der Waals surface area contributed by atoms with E-state index < -0.39 is 0 Å². The summed E-state index contributed by atoms with van der Waals surface area (Å²) in [5.74, 6) is 0.667. The number of likely N-dealkylation sites (tertiary alicyclic amines) is 1. The summed E-state index contributed by atoms with van der Waals surface area (Å²) in [5.41, 5.74) is 3.09. The molecule has 5 nitrogen and oxygen atoms in total. The van der Waals surface area contributed by atoms with Crippen molar-refractivity contribution in [2.45, 2.75) is 31.7 Å². The fourth-order valence-electron chi connectivity index (χ4n) is 3.68. The SMILES string of the molecule is O=C1CCc2cc(C=CC(=O)N3CCCC3c3ccccc3)cnc2N1. The van der Waals surface area contributed by atoms with Gasteiger partial charge in [0.05, 0.1) is 6.04 Å². The first-order valence-corrected chi connectivity index (χ1v) is 9.03. The third-order valence-electron chi connectivity index (χ3n) is 5.01. The molecule has 0 bridgehead atoms. The number of aromatic nitrogens is 1. The van der Waals surface area contributed by atoms with E-state index in [9.17, 15) is 9.59 Å². The molecule has 2 aromatic rings. The number of carbonyl (C=O) groups is 2. The van der Waals surface area contributed by atoms with Crippen LogP contribution in [0, 0.1) is 0 Å². The number of rotatable bonds is 3. The molecule has 1 aromatic carbocycles. The van der Waals surface area contributed by atoms with E-state index in [1.807, 2.05) is 35.2 Å². The summed E-state index contributed by atoms with van der Waals surface area (Å²) in [6, 6.07) is 12.3. The fourth-order valence-corrected chi connectivity index (χ4v) is 3.68. The van der Waals surface area contributed by atoms with Gasteiger partial charge in [-0.15, -0.1) is 0 Å². The van der Waals surface area contributed by atoms with Crippen LogP contribution >= 0.6 is 0 Å². The molecule has 4 rings (SSSR count). The summed E-state index contributed by atoms with van der Waals surface area (Å²) in [6.07, 6.45) is 8.33. The summed E-state index contributed by atoms with van der Waals surface area (Å²) in [5, 5.41) is 2.77. The van der Waals surface area contributed by atoms with E-state index in [2.05, 4.69) is 22.4 Å². The summed E-state index contributed by atoms with van der Waals surface area (Å²) in [7, 11) is 0. The molecule has 2 aliphatic heterocycles. The molecule has 1 saturated heterocycles. The van der Waals surface area contributed by atoms with Crippen molar-refractivity contribution in [2.75, 3.05) is 11.9 Å². The summed E-state index contributed by atoms with van der Waals surface area (Å²) in [4.78, 5) is 30.3. The maximum absolute atomic E-state index is 12.7. The van der Waals surface area contributed by atoms with E-state index in [1.165, 1.54) is 5.56 Å². The third kappa shape index (κ3) is 3.38. The zero-order chi connectivity index (χ0) is 17.9. The summed E-state index contributed by atoms with van der Waals surface area (Å²) >= 11 is 0. The number of hydrogen-bond donors (Lipinski definition) is 1. The molecule has 1 atom stereocenters. The molecule has 132 valence electrons. The molecule has 1 fully saturated rings. The first-order valence-electron chi connectivity index (χ1n) is 9.03. The zero-order valence-corrected chi connectivity index (χ0v) is 14.5. The molecule has 0 radical (unpaired) electrons. The van der Waals surface area contributed by atoms with Crippen molar-refractivity contribution < 1.29 is 9.59 Å². The average Bonchev–Trinajstić information content (AvgIpc) is 3.16. The van der Waals surface area contributed by atoms with Crippen LogP contribution in [0.5, 0.6) is 0 Å². The number of carbonyl (C=O) groups excluding carboxylic acids is 2. The van der Waals surface area contributed by atoms with Gasteiger partial charge in [-0.05, 0) is 48.1 Å². The van der Waals surface area contributed by atoms with Crippen LogP contribution in [0.25, 0.3) is 6.08 Å². The van der Waals surface area contributed by atoms with Crippen molar-refractivity contribution >= 4 is 23.7 Å². The molecular formula is C21H21N3O2. The van der Waals surface area contributed by atoms with E-state index in [4.69, 9.17) is 0 Å². The Morgan fingerprint density at radius 2 is 2.08 bits per heavy atom. The van der Waals surface area contributed by atoms with Gasteiger partial charge in [0.1, 0.15) is 5.82 Å². The highest BCUT2D eigenvalue weighted by Gasteiger charge is 2.28. The maximum atomic E-state index is 12.7. The van der Waals surface area contributed by atoms with E-state index in [0.717, 1.165) is 30.5 Å². The van der Waals surface area contributed by atoms with Crippen molar-refractivity contribution in [1.29, 1.82) is 0 Å². The van der Waals surface area contributed by atoms with Crippen molar-refractivity contribution in [3.63, 3.8) is 0 Å². The van der Waals surface area contributed by atoms with Crippen LogP contribution in [0.2, 0.25) is 0 Å².